The Morgan fingerprint density at radius 3 is 2.68 bits per heavy atom. The lowest BCUT2D eigenvalue weighted by molar-refractivity contribution is -0.126. The van der Waals surface area contributed by atoms with Gasteiger partial charge in [-0.05, 0) is 57.1 Å². The van der Waals surface area contributed by atoms with Gasteiger partial charge in [0.15, 0.2) is 0 Å². The number of fused-ring (bicyclic) bond motifs is 1. The number of nitrogens with zero attached hydrogens (tertiary/aromatic N) is 6. The zero-order valence-electron chi connectivity index (χ0n) is 21.3. The zero-order valence-corrected chi connectivity index (χ0v) is 21.3. The van der Waals surface area contributed by atoms with Gasteiger partial charge in [0.25, 0.3) is 11.8 Å². The maximum absolute atomic E-state index is 12.9. The first kappa shape index (κ1) is 24.9. The van der Waals surface area contributed by atoms with Crippen molar-refractivity contribution in [1.29, 1.82) is 0 Å². The maximum atomic E-state index is 12.9. The van der Waals surface area contributed by atoms with E-state index in [0.717, 1.165) is 18.4 Å². The van der Waals surface area contributed by atoms with E-state index in [9.17, 15) is 9.59 Å². The molecule has 3 N–H and O–H groups in total. The minimum Gasteiger partial charge on any atom is -0.382 e. The number of carbonyl (C=O) groups is 2. The molecule has 0 aliphatic carbocycles. The molecule has 1 unspecified atom stereocenters. The fraction of sp³-hybridized carbons (Fsp3) is 0.250. The molecule has 0 radical (unpaired) electrons. The number of aromatic nitrogens is 4. The highest BCUT2D eigenvalue weighted by atomic mass is 16.2. The van der Waals surface area contributed by atoms with Gasteiger partial charge in [-0.1, -0.05) is 24.1 Å². The van der Waals surface area contributed by atoms with Crippen molar-refractivity contribution in [2.75, 3.05) is 38.2 Å². The number of amides is 2. The van der Waals surface area contributed by atoms with Crippen molar-refractivity contribution in [2.24, 2.45) is 0 Å². The lowest BCUT2D eigenvalue weighted by Gasteiger charge is -2.21. The first-order chi connectivity index (χ1) is 18.4. The molecule has 192 valence electrons. The third-order valence-corrected chi connectivity index (χ3v) is 6.34. The van der Waals surface area contributed by atoms with Crippen molar-refractivity contribution < 1.29 is 9.59 Å². The van der Waals surface area contributed by atoms with Gasteiger partial charge in [-0.25, -0.2) is 15.0 Å². The van der Waals surface area contributed by atoms with Gasteiger partial charge in [-0.3, -0.25) is 18.9 Å². The van der Waals surface area contributed by atoms with Crippen LogP contribution < -0.4 is 11.1 Å². The van der Waals surface area contributed by atoms with Crippen LogP contribution >= 0.6 is 0 Å². The molecule has 1 fully saturated rings. The second kappa shape index (κ2) is 10.7. The molecule has 10 nitrogen and oxygen atoms in total. The van der Waals surface area contributed by atoms with Crippen LogP contribution in [0.2, 0.25) is 0 Å². The van der Waals surface area contributed by atoms with E-state index >= 15 is 0 Å². The summed E-state index contributed by atoms with van der Waals surface area (Å²) < 4.78 is 1.91. The van der Waals surface area contributed by atoms with Gasteiger partial charge in [0.2, 0.25) is 0 Å². The third kappa shape index (κ3) is 5.05. The minimum atomic E-state index is -0.262. The Kier molecular flexibility index (Phi) is 7.02. The zero-order chi connectivity index (χ0) is 26.6. The minimum absolute atomic E-state index is 0.210. The van der Waals surface area contributed by atoms with Gasteiger partial charge in [0, 0.05) is 36.3 Å². The number of nitrogens with two attached hydrogens (primary N) is 1. The smallest absolute Gasteiger partial charge is 0.299 e. The summed E-state index contributed by atoms with van der Waals surface area (Å²) in [4.78, 5) is 42.7. The number of benzene rings is 1. The number of pyridine rings is 1. The molecular weight excluding hydrogens is 480 g/mol. The van der Waals surface area contributed by atoms with Crippen LogP contribution in [0.25, 0.3) is 16.8 Å². The SMILES string of the molecule is CN(C)CC#CC(=O)N1CCCC1c1nc(-c2ccc(C(=O)Nc3ccccn3)cc2)c2c(N)nccn12. The number of nitrogens with one attached hydrogen (secondary N) is 1. The standard InChI is InChI=1S/C28H28N8O2/c1-34(2)16-6-9-23(37)35-17-5-7-21(35)27-33-24(25-26(29)31-15-18-36(25)27)19-10-12-20(13-11-19)28(38)32-22-8-3-4-14-30-22/h3-4,8,10-15,18,21H,5,7,16-17H2,1-2H3,(H2,29,31)(H,30,32,38). The second-order valence-electron chi connectivity index (χ2n) is 9.29. The molecule has 1 aliphatic rings. The van der Waals surface area contributed by atoms with Crippen molar-refractivity contribution in [2.45, 2.75) is 18.9 Å². The molecule has 0 bridgehead atoms. The van der Waals surface area contributed by atoms with Crippen LogP contribution in [0.1, 0.15) is 35.1 Å². The quantitative estimate of drug-likeness (QED) is 0.398. The fourth-order valence-electron chi connectivity index (χ4n) is 4.55. The number of anilines is 2. The van der Waals surface area contributed by atoms with E-state index in [0.29, 0.717) is 47.3 Å². The Balaban J connectivity index is 1.46. The van der Waals surface area contributed by atoms with Gasteiger partial charge in [-0.2, -0.15) is 0 Å². The summed E-state index contributed by atoms with van der Waals surface area (Å²) in [6, 6.07) is 12.2. The maximum Gasteiger partial charge on any atom is 0.299 e. The van der Waals surface area contributed by atoms with Gasteiger partial charge < -0.3 is 16.0 Å². The van der Waals surface area contributed by atoms with Gasteiger partial charge in [-0.15, -0.1) is 0 Å². The molecule has 1 saturated heterocycles. The Labute approximate surface area is 220 Å². The molecule has 4 heterocycles. The molecule has 1 aromatic carbocycles. The van der Waals surface area contributed by atoms with Crippen LogP contribution in [-0.4, -0.2) is 68.2 Å². The number of hydrogen-bond acceptors (Lipinski definition) is 7. The highest BCUT2D eigenvalue weighted by Crippen LogP contribution is 2.36. The predicted molar refractivity (Wildman–Crippen MR) is 145 cm³/mol. The number of likely N-dealkylation sites (tertiary alicyclic amines) is 1. The van der Waals surface area contributed by atoms with Crippen LogP contribution in [-0.2, 0) is 4.79 Å². The van der Waals surface area contributed by atoms with E-state index < -0.39 is 0 Å². The molecule has 1 atom stereocenters. The van der Waals surface area contributed by atoms with E-state index in [1.165, 1.54) is 0 Å². The largest absolute Gasteiger partial charge is 0.382 e. The first-order valence-electron chi connectivity index (χ1n) is 12.3. The second-order valence-corrected chi connectivity index (χ2v) is 9.29. The van der Waals surface area contributed by atoms with Crippen molar-refractivity contribution >= 4 is 29.0 Å². The lowest BCUT2D eigenvalue weighted by atomic mass is 10.1. The van der Waals surface area contributed by atoms with Crippen molar-refractivity contribution in [3.8, 4) is 23.1 Å². The number of nitrogen functional groups attached to an aromatic ring is 1. The molecular formula is C28H28N8O2. The Morgan fingerprint density at radius 2 is 1.95 bits per heavy atom. The number of imidazole rings is 1. The molecule has 38 heavy (non-hydrogen) atoms. The normalized spacial score (nSPS) is 14.9. The van der Waals surface area contributed by atoms with E-state index in [-0.39, 0.29) is 17.9 Å². The Bertz CT molecular complexity index is 1530. The molecule has 1 aliphatic heterocycles. The molecule has 10 heteroatoms. The Hall–Kier alpha value is -4.75. The molecule has 4 aromatic rings. The number of carbonyl (C=O) groups excluding carboxylic acids is 2. The van der Waals surface area contributed by atoms with Crippen LogP contribution in [0.3, 0.4) is 0 Å². The fourth-order valence-corrected chi connectivity index (χ4v) is 4.55. The van der Waals surface area contributed by atoms with Crippen molar-refractivity contribution in [1.82, 2.24) is 29.2 Å². The predicted octanol–water partition coefficient (Wildman–Crippen LogP) is 2.85. The Morgan fingerprint density at radius 1 is 1.13 bits per heavy atom. The molecule has 0 spiro atoms. The average molecular weight is 509 g/mol. The summed E-state index contributed by atoms with van der Waals surface area (Å²) in [7, 11) is 3.82. The number of rotatable bonds is 5. The first-order valence-corrected chi connectivity index (χ1v) is 12.3. The van der Waals surface area contributed by atoms with Gasteiger partial charge in [0.05, 0.1) is 12.6 Å². The van der Waals surface area contributed by atoms with Gasteiger partial charge >= 0.3 is 0 Å². The lowest BCUT2D eigenvalue weighted by Crippen LogP contribution is -2.30. The van der Waals surface area contributed by atoms with Crippen molar-refractivity contribution in [3.05, 3.63) is 72.4 Å². The van der Waals surface area contributed by atoms with Gasteiger partial charge in [0.1, 0.15) is 28.7 Å². The molecule has 2 amide bonds. The monoisotopic (exact) mass is 508 g/mol. The molecule has 5 rings (SSSR count). The van der Waals surface area contributed by atoms with Crippen LogP contribution in [0.15, 0.2) is 61.1 Å². The topological polar surface area (TPSA) is 122 Å². The van der Waals surface area contributed by atoms with E-state index in [1.807, 2.05) is 41.7 Å². The highest BCUT2D eigenvalue weighted by Gasteiger charge is 2.33. The third-order valence-electron chi connectivity index (χ3n) is 6.34. The summed E-state index contributed by atoms with van der Waals surface area (Å²) in [5, 5.41) is 2.78. The average Bonchev–Trinajstić information content (AvgIpc) is 3.55. The van der Waals surface area contributed by atoms with Crippen LogP contribution in [0, 0.1) is 11.8 Å². The summed E-state index contributed by atoms with van der Waals surface area (Å²) >= 11 is 0. The summed E-state index contributed by atoms with van der Waals surface area (Å²) in [5.74, 6) is 6.75. The van der Waals surface area contributed by atoms with E-state index in [2.05, 4.69) is 27.1 Å². The summed E-state index contributed by atoms with van der Waals surface area (Å²) in [6.07, 6.45) is 6.68. The van der Waals surface area contributed by atoms with Crippen LogP contribution in [0.5, 0.6) is 0 Å². The highest BCUT2D eigenvalue weighted by molar-refractivity contribution is 6.04. The molecule has 3 aromatic heterocycles. The number of hydrogen-bond donors (Lipinski definition) is 2. The van der Waals surface area contributed by atoms with Crippen LogP contribution in [0.4, 0.5) is 11.6 Å². The van der Waals surface area contributed by atoms with E-state index in [1.54, 1.807) is 47.6 Å². The molecule has 0 saturated carbocycles. The summed E-state index contributed by atoms with van der Waals surface area (Å²) in [5.41, 5.74) is 8.87. The van der Waals surface area contributed by atoms with Crippen molar-refractivity contribution in [3.63, 3.8) is 0 Å². The summed E-state index contributed by atoms with van der Waals surface area (Å²) in [6.45, 7) is 1.13. The van der Waals surface area contributed by atoms with E-state index in [4.69, 9.17) is 10.7 Å².